The van der Waals surface area contributed by atoms with Gasteiger partial charge in [-0.2, -0.15) is 0 Å². The molecule has 0 saturated carbocycles. The van der Waals surface area contributed by atoms with E-state index in [0.29, 0.717) is 0 Å². The van der Waals surface area contributed by atoms with Crippen molar-refractivity contribution in [1.29, 1.82) is 0 Å². The van der Waals surface area contributed by atoms with Gasteiger partial charge in [-0.25, -0.2) is 0 Å². The Kier molecular flexibility index (Phi) is 4.17. The zero-order chi connectivity index (χ0) is 6.41. The molecule has 0 rings (SSSR count). The highest BCUT2D eigenvalue weighted by Gasteiger charge is 1.78. The smallest absolute Gasteiger partial charge is 0.0331 e. The molecule has 0 radical (unpaired) electrons. The van der Waals surface area contributed by atoms with E-state index in [4.69, 9.17) is 0 Å². The van der Waals surface area contributed by atoms with E-state index in [0.717, 1.165) is 6.54 Å². The molecule has 2 heteroatoms. The molecule has 0 bridgehead atoms. The highest BCUT2D eigenvalue weighted by molar-refractivity contribution is 5.60. The molecular formula is C6H12N2. The van der Waals surface area contributed by atoms with Gasteiger partial charge in [-0.05, 0) is 14.1 Å². The average Bonchev–Trinajstić information content (AvgIpc) is 1.66. The van der Waals surface area contributed by atoms with Gasteiger partial charge in [-0.1, -0.05) is 6.58 Å². The first kappa shape index (κ1) is 7.37. The maximum atomic E-state index is 3.81. The first-order chi connectivity index (χ1) is 3.77. The monoisotopic (exact) mass is 112 g/mol. The second-order valence-electron chi connectivity index (χ2n) is 1.78. The Morgan fingerprint density at radius 3 is 2.62 bits per heavy atom. The summed E-state index contributed by atoms with van der Waals surface area (Å²) in [5, 5.41) is 0. The lowest BCUT2D eigenvalue weighted by Crippen LogP contribution is -2.13. The second-order valence-corrected chi connectivity index (χ2v) is 1.78. The van der Waals surface area contributed by atoms with Crippen molar-refractivity contribution in [3.63, 3.8) is 0 Å². The van der Waals surface area contributed by atoms with E-state index in [1.807, 2.05) is 25.2 Å². The van der Waals surface area contributed by atoms with Crippen molar-refractivity contribution in [1.82, 2.24) is 4.90 Å². The van der Waals surface area contributed by atoms with Crippen LogP contribution in [-0.2, 0) is 0 Å². The average molecular weight is 112 g/mol. The van der Waals surface area contributed by atoms with Crippen molar-refractivity contribution in [2.24, 2.45) is 4.99 Å². The van der Waals surface area contributed by atoms with E-state index in [1.165, 1.54) is 6.20 Å². The number of rotatable bonds is 3. The normalized spacial score (nSPS) is 10.9. The summed E-state index contributed by atoms with van der Waals surface area (Å²) in [6, 6.07) is 0. The third-order valence-electron chi connectivity index (χ3n) is 0.658. The molecule has 0 N–H and O–H groups in total. The first-order valence-electron chi connectivity index (χ1n) is 2.54. The van der Waals surface area contributed by atoms with Crippen LogP contribution >= 0.6 is 0 Å². The van der Waals surface area contributed by atoms with Gasteiger partial charge in [0.2, 0.25) is 0 Å². The molecule has 0 aliphatic heterocycles. The van der Waals surface area contributed by atoms with Gasteiger partial charge in [-0.15, -0.1) is 0 Å². The molecule has 0 unspecified atom stereocenters. The lowest BCUT2D eigenvalue weighted by molar-refractivity contribution is 0.473. The van der Waals surface area contributed by atoms with Crippen LogP contribution in [0.25, 0.3) is 0 Å². The topological polar surface area (TPSA) is 15.6 Å². The summed E-state index contributed by atoms with van der Waals surface area (Å²) in [5.74, 6) is 0. The van der Waals surface area contributed by atoms with Crippen LogP contribution < -0.4 is 0 Å². The molecule has 0 fully saturated rings. The SMILES string of the molecule is C=CN=CCN(C)C. The minimum absolute atomic E-state index is 0.881. The number of nitrogens with zero attached hydrogens (tertiary/aromatic N) is 2. The van der Waals surface area contributed by atoms with Crippen LogP contribution in [0.1, 0.15) is 0 Å². The summed E-state index contributed by atoms with van der Waals surface area (Å²) < 4.78 is 0. The lowest BCUT2D eigenvalue weighted by atomic mass is 10.6. The largest absolute Gasteiger partial charge is 0.304 e. The first-order valence-corrected chi connectivity index (χ1v) is 2.54. The van der Waals surface area contributed by atoms with Crippen molar-refractivity contribution in [3.8, 4) is 0 Å². The predicted molar refractivity (Wildman–Crippen MR) is 37.2 cm³/mol. The summed E-state index contributed by atoms with van der Waals surface area (Å²) in [5.41, 5.74) is 0. The summed E-state index contributed by atoms with van der Waals surface area (Å²) >= 11 is 0. The maximum absolute atomic E-state index is 3.81. The Morgan fingerprint density at radius 2 is 2.25 bits per heavy atom. The molecule has 46 valence electrons. The zero-order valence-corrected chi connectivity index (χ0v) is 5.46. The van der Waals surface area contributed by atoms with E-state index in [-0.39, 0.29) is 0 Å². The van der Waals surface area contributed by atoms with E-state index in [2.05, 4.69) is 11.6 Å². The van der Waals surface area contributed by atoms with E-state index < -0.39 is 0 Å². The number of hydrogen-bond donors (Lipinski definition) is 0. The summed E-state index contributed by atoms with van der Waals surface area (Å²) in [6.07, 6.45) is 3.34. The summed E-state index contributed by atoms with van der Waals surface area (Å²) in [6.45, 7) is 4.32. The van der Waals surface area contributed by atoms with Crippen molar-refractivity contribution in [3.05, 3.63) is 12.8 Å². The quantitative estimate of drug-likeness (QED) is 0.492. The van der Waals surface area contributed by atoms with E-state index in [1.54, 1.807) is 0 Å². The van der Waals surface area contributed by atoms with E-state index in [9.17, 15) is 0 Å². The molecule has 2 nitrogen and oxygen atoms in total. The molecule has 0 aromatic rings. The molecule has 0 aromatic heterocycles. The minimum atomic E-state index is 0.881. The zero-order valence-electron chi connectivity index (χ0n) is 5.46. The summed E-state index contributed by atoms with van der Waals surface area (Å²) in [7, 11) is 3.99. The van der Waals surface area contributed by atoms with Gasteiger partial charge < -0.3 is 4.90 Å². The Hall–Kier alpha value is -0.630. The van der Waals surface area contributed by atoms with Gasteiger partial charge in [0.05, 0.1) is 0 Å². The van der Waals surface area contributed by atoms with Gasteiger partial charge in [0.1, 0.15) is 0 Å². The van der Waals surface area contributed by atoms with Gasteiger partial charge in [0, 0.05) is 19.0 Å². The Morgan fingerprint density at radius 1 is 1.62 bits per heavy atom. The van der Waals surface area contributed by atoms with Crippen LogP contribution in [0.4, 0.5) is 0 Å². The molecule has 8 heavy (non-hydrogen) atoms. The molecule has 0 spiro atoms. The highest BCUT2D eigenvalue weighted by Crippen LogP contribution is 1.69. The fourth-order valence-corrected chi connectivity index (χ4v) is 0.285. The van der Waals surface area contributed by atoms with Crippen LogP contribution in [0.15, 0.2) is 17.8 Å². The van der Waals surface area contributed by atoms with Crippen LogP contribution in [0, 0.1) is 0 Å². The number of aliphatic imine (C=N–C) groups is 1. The third kappa shape index (κ3) is 5.37. The van der Waals surface area contributed by atoms with Crippen LogP contribution in [-0.4, -0.2) is 31.8 Å². The minimum Gasteiger partial charge on any atom is -0.304 e. The fourth-order valence-electron chi connectivity index (χ4n) is 0.285. The Labute approximate surface area is 50.5 Å². The molecule has 0 aliphatic carbocycles. The van der Waals surface area contributed by atoms with Gasteiger partial charge in [0.15, 0.2) is 0 Å². The third-order valence-corrected chi connectivity index (χ3v) is 0.658. The molecule has 0 atom stereocenters. The van der Waals surface area contributed by atoms with Crippen molar-refractivity contribution in [2.45, 2.75) is 0 Å². The molecule has 0 aromatic carbocycles. The standard InChI is InChI=1S/C6H12N2/c1-4-7-5-6-8(2)3/h4-5H,1,6H2,2-3H3. The lowest BCUT2D eigenvalue weighted by Gasteiger charge is -2.01. The Balaban J connectivity index is 3.15. The molecule has 0 heterocycles. The van der Waals surface area contributed by atoms with Gasteiger partial charge >= 0.3 is 0 Å². The van der Waals surface area contributed by atoms with Gasteiger partial charge in [-0.3, -0.25) is 4.99 Å². The van der Waals surface area contributed by atoms with Crippen molar-refractivity contribution in [2.75, 3.05) is 20.6 Å². The molecule has 0 amide bonds. The van der Waals surface area contributed by atoms with Gasteiger partial charge in [0.25, 0.3) is 0 Å². The number of hydrogen-bond acceptors (Lipinski definition) is 2. The van der Waals surface area contributed by atoms with Crippen LogP contribution in [0.2, 0.25) is 0 Å². The van der Waals surface area contributed by atoms with E-state index >= 15 is 0 Å². The van der Waals surface area contributed by atoms with Crippen molar-refractivity contribution >= 4 is 6.21 Å². The molecular weight excluding hydrogens is 100 g/mol. The highest BCUT2D eigenvalue weighted by atomic mass is 15.1. The maximum Gasteiger partial charge on any atom is 0.0331 e. The molecule has 0 saturated heterocycles. The second kappa shape index (κ2) is 4.53. The summed E-state index contributed by atoms with van der Waals surface area (Å²) in [4.78, 5) is 5.84. The van der Waals surface area contributed by atoms with Crippen LogP contribution in [0.3, 0.4) is 0 Å². The predicted octanol–water partition coefficient (Wildman–Crippen LogP) is 0.762. The van der Waals surface area contributed by atoms with Crippen LogP contribution in [0.5, 0.6) is 0 Å². The fraction of sp³-hybridized carbons (Fsp3) is 0.500. The molecule has 0 aliphatic rings. The Bertz CT molecular complexity index is 84.5. The van der Waals surface area contributed by atoms with Crippen molar-refractivity contribution < 1.29 is 0 Å².